The van der Waals surface area contributed by atoms with Crippen LogP contribution in [0.5, 0.6) is 0 Å². The molecule has 1 unspecified atom stereocenters. The zero-order chi connectivity index (χ0) is 13.2. The molecule has 1 aromatic rings. The highest BCUT2D eigenvalue weighted by molar-refractivity contribution is 7.91. The van der Waals surface area contributed by atoms with Gasteiger partial charge in [0.2, 0.25) is 0 Å². The van der Waals surface area contributed by atoms with Gasteiger partial charge in [-0.3, -0.25) is 0 Å². The second kappa shape index (κ2) is 5.28. The van der Waals surface area contributed by atoms with E-state index in [4.69, 9.17) is 4.74 Å². The predicted octanol–water partition coefficient (Wildman–Crippen LogP) is 1.71. The van der Waals surface area contributed by atoms with Gasteiger partial charge in [0, 0.05) is 25.9 Å². The van der Waals surface area contributed by atoms with Crippen LogP contribution in [-0.4, -0.2) is 40.5 Å². The van der Waals surface area contributed by atoms with E-state index >= 15 is 0 Å². The molecule has 0 spiro atoms. The molecule has 2 rings (SSSR count). The fourth-order valence-corrected chi connectivity index (χ4v) is 3.11. The van der Waals surface area contributed by atoms with Gasteiger partial charge >= 0.3 is 0 Å². The third kappa shape index (κ3) is 2.67. The Morgan fingerprint density at radius 3 is 2.83 bits per heavy atom. The van der Waals surface area contributed by atoms with E-state index in [0.717, 1.165) is 25.2 Å². The van der Waals surface area contributed by atoms with Gasteiger partial charge in [0.05, 0.1) is 16.8 Å². The molecule has 0 aromatic heterocycles. The van der Waals surface area contributed by atoms with Crippen molar-refractivity contribution in [3.63, 3.8) is 0 Å². The Kier molecular flexibility index (Phi) is 3.92. The Labute approximate surface area is 108 Å². The van der Waals surface area contributed by atoms with Crippen LogP contribution in [0.15, 0.2) is 29.2 Å². The molecule has 0 saturated carbocycles. The van der Waals surface area contributed by atoms with E-state index in [1.807, 2.05) is 6.07 Å². The van der Waals surface area contributed by atoms with Gasteiger partial charge in [0.15, 0.2) is 9.84 Å². The number of hydrogen-bond acceptors (Lipinski definition) is 4. The van der Waals surface area contributed by atoms with Crippen molar-refractivity contribution in [3.8, 4) is 0 Å². The minimum Gasteiger partial charge on any atom is -0.380 e. The maximum atomic E-state index is 11.8. The Bertz CT molecular complexity index is 513. The summed E-state index contributed by atoms with van der Waals surface area (Å²) in [5.41, 5.74) is 0.962. The van der Waals surface area contributed by atoms with Gasteiger partial charge in [-0.05, 0) is 24.6 Å². The van der Waals surface area contributed by atoms with Crippen LogP contribution < -0.4 is 4.90 Å². The van der Waals surface area contributed by atoms with Crippen molar-refractivity contribution in [2.24, 2.45) is 0 Å². The number of ether oxygens (including phenoxy) is 1. The molecule has 1 fully saturated rings. The molecule has 4 nitrogen and oxygen atoms in total. The third-order valence-electron chi connectivity index (χ3n) is 3.40. The molecule has 0 radical (unpaired) electrons. The summed E-state index contributed by atoms with van der Waals surface area (Å²) in [4.78, 5) is 2.58. The van der Waals surface area contributed by atoms with Crippen molar-refractivity contribution >= 4 is 15.5 Å². The molecule has 1 aromatic carbocycles. The van der Waals surface area contributed by atoms with Crippen LogP contribution in [0.25, 0.3) is 0 Å². The van der Waals surface area contributed by atoms with Crippen molar-refractivity contribution in [3.05, 3.63) is 24.3 Å². The van der Waals surface area contributed by atoms with Crippen LogP contribution in [-0.2, 0) is 14.6 Å². The number of methoxy groups -OCH3 is 1. The van der Waals surface area contributed by atoms with Crippen LogP contribution in [0.1, 0.15) is 13.3 Å². The second-order valence-electron chi connectivity index (χ2n) is 4.49. The number of hydrogen-bond donors (Lipinski definition) is 0. The monoisotopic (exact) mass is 269 g/mol. The van der Waals surface area contributed by atoms with Crippen molar-refractivity contribution in [2.75, 3.05) is 30.9 Å². The normalized spacial score (nSPS) is 20.3. The molecule has 1 saturated heterocycles. The van der Waals surface area contributed by atoms with E-state index in [-0.39, 0.29) is 11.9 Å². The summed E-state index contributed by atoms with van der Waals surface area (Å²) in [6.07, 6.45) is 1.23. The number of rotatable bonds is 4. The Balaban J connectivity index is 2.23. The van der Waals surface area contributed by atoms with Crippen LogP contribution >= 0.6 is 0 Å². The number of benzene rings is 1. The molecule has 0 aliphatic carbocycles. The largest absolute Gasteiger partial charge is 0.380 e. The molecule has 18 heavy (non-hydrogen) atoms. The first kappa shape index (κ1) is 13.4. The number of sulfone groups is 1. The topological polar surface area (TPSA) is 46.6 Å². The summed E-state index contributed by atoms with van der Waals surface area (Å²) < 4.78 is 29.0. The van der Waals surface area contributed by atoms with Gasteiger partial charge in [-0.15, -0.1) is 0 Å². The first-order valence-electron chi connectivity index (χ1n) is 6.17. The Morgan fingerprint density at radius 1 is 1.44 bits per heavy atom. The zero-order valence-corrected chi connectivity index (χ0v) is 11.6. The van der Waals surface area contributed by atoms with Crippen molar-refractivity contribution in [1.82, 2.24) is 0 Å². The fraction of sp³-hybridized carbons (Fsp3) is 0.538. The summed E-state index contributed by atoms with van der Waals surface area (Å²) in [7, 11) is -1.41. The van der Waals surface area contributed by atoms with Gasteiger partial charge in [0.1, 0.15) is 0 Å². The van der Waals surface area contributed by atoms with Crippen molar-refractivity contribution in [1.29, 1.82) is 0 Å². The summed E-state index contributed by atoms with van der Waals surface area (Å²) in [5, 5.41) is 0. The van der Waals surface area contributed by atoms with Gasteiger partial charge in [-0.1, -0.05) is 13.0 Å². The summed E-state index contributed by atoms with van der Waals surface area (Å²) in [6, 6.07) is 7.17. The van der Waals surface area contributed by atoms with E-state index in [1.54, 1.807) is 32.2 Å². The van der Waals surface area contributed by atoms with Crippen LogP contribution in [0.4, 0.5) is 5.69 Å². The molecule has 1 aliphatic heterocycles. The maximum Gasteiger partial charge on any atom is 0.178 e. The first-order valence-corrected chi connectivity index (χ1v) is 7.82. The molecule has 1 heterocycles. The van der Waals surface area contributed by atoms with Gasteiger partial charge in [-0.25, -0.2) is 8.42 Å². The van der Waals surface area contributed by atoms with Crippen LogP contribution in [0, 0.1) is 0 Å². The SMILES string of the molecule is CCS(=O)(=O)c1cccc(N2CCC(OC)C2)c1. The molecule has 1 aliphatic rings. The van der Waals surface area contributed by atoms with E-state index in [9.17, 15) is 8.42 Å². The summed E-state index contributed by atoms with van der Waals surface area (Å²) in [5.74, 6) is 0.136. The minimum absolute atomic E-state index is 0.136. The van der Waals surface area contributed by atoms with E-state index in [2.05, 4.69) is 4.90 Å². The van der Waals surface area contributed by atoms with E-state index < -0.39 is 9.84 Å². The Hall–Kier alpha value is -1.07. The second-order valence-corrected chi connectivity index (χ2v) is 6.77. The quantitative estimate of drug-likeness (QED) is 0.835. The third-order valence-corrected chi connectivity index (χ3v) is 5.13. The highest BCUT2D eigenvalue weighted by Gasteiger charge is 2.23. The molecule has 0 N–H and O–H groups in total. The standard InChI is InChI=1S/C13H19NO3S/c1-3-18(15,16)13-6-4-5-11(9-13)14-8-7-12(10-14)17-2/h4-6,9,12H,3,7-8,10H2,1-2H3. The van der Waals surface area contributed by atoms with Crippen LogP contribution in [0.2, 0.25) is 0 Å². The zero-order valence-electron chi connectivity index (χ0n) is 10.8. The van der Waals surface area contributed by atoms with Gasteiger partial charge in [-0.2, -0.15) is 0 Å². The molecule has 0 amide bonds. The van der Waals surface area contributed by atoms with Crippen molar-refractivity contribution < 1.29 is 13.2 Å². The number of nitrogens with zero attached hydrogens (tertiary/aromatic N) is 1. The van der Waals surface area contributed by atoms with E-state index in [0.29, 0.717) is 4.90 Å². The minimum atomic E-state index is -3.13. The highest BCUT2D eigenvalue weighted by Crippen LogP contribution is 2.24. The average Bonchev–Trinajstić information content (AvgIpc) is 2.88. The van der Waals surface area contributed by atoms with E-state index in [1.165, 1.54) is 0 Å². The Morgan fingerprint density at radius 2 is 2.22 bits per heavy atom. The van der Waals surface area contributed by atoms with Crippen LogP contribution in [0.3, 0.4) is 0 Å². The number of anilines is 1. The predicted molar refractivity (Wildman–Crippen MR) is 71.8 cm³/mol. The summed E-state index contributed by atoms with van der Waals surface area (Å²) >= 11 is 0. The lowest BCUT2D eigenvalue weighted by Gasteiger charge is -2.19. The lowest BCUT2D eigenvalue weighted by Crippen LogP contribution is -2.22. The molecule has 1 atom stereocenters. The molecule has 0 bridgehead atoms. The van der Waals surface area contributed by atoms with Gasteiger partial charge < -0.3 is 9.64 Å². The average molecular weight is 269 g/mol. The first-order chi connectivity index (χ1) is 8.56. The molecule has 100 valence electrons. The maximum absolute atomic E-state index is 11.8. The fourth-order valence-electron chi connectivity index (χ4n) is 2.20. The smallest absolute Gasteiger partial charge is 0.178 e. The lowest BCUT2D eigenvalue weighted by atomic mass is 10.3. The highest BCUT2D eigenvalue weighted by atomic mass is 32.2. The van der Waals surface area contributed by atoms with Crippen molar-refractivity contribution in [2.45, 2.75) is 24.3 Å². The molecular formula is C13H19NO3S. The van der Waals surface area contributed by atoms with Gasteiger partial charge in [0.25, 0.3) is 0 Å². The molecule has 5 heteroatoms. The lowest BCUT2D eigenvalue weighted by molar-refractivity contribution is 0.121. The summed E-state index contributed by atoms with van der Waals surface area (Å²) in [6.45, 7) is 3.40. The molecular weight excluding hydrogens is 250 g/mol.